The van der Waals surface area contributed by atoms with Crippen LogP contribution in [0.2, 0.25) is 0 Å². The van der Waals surface area contributed by atoms with Crippen LogP contribution in [-0.4, -0.2) is 20.3 Å². The third-order valence-corrected chi connectivity index (χ3v) is 2.03. The molecule has 1 aromatic carbocycles. The summed E-state index contributed by atoms with van der Waals surface area (Å²) >= 11 is 0. The summed E-state index contributed by atoms with van der Waals surface area (Å²) in [6.07, 6.45) is 3.35. The highest BCUT2D eigenvalue weighted by Crippen LogP contribution is 2.11. The van der Waals surface area contributed by atoms with E-state index in [9.17, 15) is 0 Å². The second-order valence-electron chi connectivity index (χ2n) is 4.07. The molecule has 0 fully saturated rings. The monoisotopic (exact) mass is 268 g/mol. The Morgan fingerprint density at radius 1 is 0.895 bits per heavy atom. The molecule has 0 saturated carbocycles. The van der Waals surface area contributed by atoms with Gasteiger partial charge in [-0.25, -0.2) is 0 Å². The van der Waals surface area contributed by atoms with E-state index in [1.165, 1.54) is 12.0 Å². The molecule has 0 heterocycles. The molecular weight excluding hydrogens is 236 g/mol. The first-order valence-electron chi connectivity index (χ1n) is 7.43. The van der Waals surface area contributed by atoms with Gasteiger partial charge in [0.25, 0.3) is 0 Å². The number of benzene rings is 1. The van der Waals surface area contributed by atoms with Crippen LogP contribution in [0, 0.1) is 6.92 Å². The van der Waals surface area contributed by atoms with Gasteiger partial charge in [-0.05, 0) is 31.9 Å². The minimum atomic E-state index is 0.770. The van der Waals surface area contributed by atoms with Crippen molar-refractivity contribution in [3.63, 3.8) is 0 Å². The Labute approximate surface area is 120 Å². The molecule has 19 heavy (non-hydrogen) atoms. The normalized spacial score (nSPS) is 8.74. The summed E-state index contributed by atoms with van der Waals surface area (Å²) in [6, 6.07) is 8.13. The van der Waals surface area contributed by atoms with E-state index in [2.05, 4.69) is 32.9 Å². The maximum Gasteiger partial charge on any atom is 0.119 e. The van der Waals surface area contributed by atoms with Crippen LogP contribution in [0.5, 0.6) is 5.75 Å². The van der Waals surface area contributed by atoms with Crippen molar-refractivity contribution >= 4 is 0 Å². The third kappa shape index (κ3) is 14.9. The lowest BCUT2D eigenvalue weighted by Gasteiger charge is -2.05. The van der Waals surface area contributed by atoms with Crippen LogP contribution in [0.25, 0.3) is 0 Å². The van der Waals surface area contributed by atoms with Gasteiger partial charge in [-0.3, -0.25) is 0 Å². The highest BCUT2D eigenvalue weighted by molar-refractivity contribution is 5.26. The van der Waals surface area contributed by atoms with Gasteiger partial charge < -0.3 is 9.47 Å². The maximum atomic E-state index is 5.55. The van der Waals surface area contributed by atoms with E-state index in [0.29, 0.717) is 0 Å². The number of unbranched alkanes of at least 4 members (excludes halogenated alkanes) is 1. The fourth-order valence-corrected chi connectivity index (χ4v) is 1.17. The van der Waals surface area contributed by atoms with Gasteiger partial charge in [-0.2, -0.15) is 0 Å². The smallest absolute Gasteiger partial charge is 0.119 e. The molecule has 2 heteroatoms. The van der Waals surface area contributed by atoms with Gasteiger partial charge in [0, 0.05) is 13.7 Å². The summed E-state index contributed by atoms with van der Waals surface area (Å²) in [5.74, 6) is 0.952. The van der Waals surface area contributed by atoms with Crippen LogP contribution < -0.4 is 4.74 Å². The molecule has 0 atom stereocenters. The number of methoxy groups -OCH3 is 1. The molecule has 112 valence electrons. The number of aryl methyl sites for hydroxylation is 1. The summed E-state index contributed by atoms with van der Waals surface area (Å²) in [5, 5.41) is 0. The zero-order valence-electron chi connectivity index (χ0n) is 13.7. The van der Waals surface area contributed by atoms with Crippen LogP contribution in [-0.2, 0) is 4.74 Å². The highest BCUT2D eigenvalue weighted by Gasteiger charge is 1.92. The van der Waals surface area contributed by atoms with Crippen molar-refractivity contribution < 1.29 is 9.47 Å². The van der Waals surface area contributed by atoms with Gasteiger partial charge in [0.2, 0.25) is 0 Å². The maximum absolute atomic E-state index is 5.55. The van der Waals surface area contributed by atoms with Crippen LogP contribution in [0.1, 0.15) is 52.5 Å². The van der Waals surface area contributed by atoms with E-state index in [0.717, 1.165) is 31.8 Å². The summed E-state index contributed by atoms with van der Waals surface area (Å²) < 4.78 is 10.5. The van der Waals surface area contributed by atoms with Gasteiger partial charge in [0.05, 0.1) is 6.61 Å². The van der Waals surface area contributed by atoms with E-state index in [1.54, 1.807) is 7.11 Å². The molecule has 1 rings (SSSR count). The second-order valence-corrected chi connectivity index (χ2v) is 4.07. The number of hydrogen-bond acceptors (Lipinski definition) is 2. The first-order chi connectivity index (χ1) is 9.24. The molecule has 0 bridgehead atoms. The average Bonchev–Trinajstić information content (AvgIpc) is 2.44. The Kier molecular flexibility index (Phi) is 18.1. The van der Waals surface area contributed by atoms with Crippen molar-refractivity contribution in [1.29, 1.82) is 0 Å². The summed E-state index contributed by atoms with van der Waals surface area (Å²) in [6.45, 7) is 11.9. The lowest BCUT2D eigenvalue weighted by atomic mass is 10.2. The first kappa shape index (κ1) is 20.3. The number of hydrogen-bond donors (Lipinski definition) is 0. The number of ether oxygens (including phenoxy) is 2. The fourth-order valence-electron chi connectivity index (χ4n) is 1.17. The average molecular weight is 268 g/mol. The Morgan fingerprint density at radius 3 is 1.84 bits per heavy atom. The molecule has 0 radical (unpaired) electrons. The Morgan fingerprint density at radius 2 is 1.37 bits per heavy atom. The Bertz CT molecular complexity index is 254. The van der Waals surface area contributed by atoms with Crippen molar-refractivity contribution in [2.45, 2.75) is 53.9 Å². The van der Waals surface area contributed by atoms with E-state index in [1.807, 2.05) is 26.0 Å². The van der Waals surface area contributed by atoms with Crippen molar-refractivity contribution in [1.82, 2.24) is 0 Å². The van der Waals surface area contributed by atoms with Crippen molar-refractivity contribution in [3.05, 3.63) is 29.8 Å². The number of rotatable bonds is 6. The minimum absolute atomic E-state index is 0.770. The molecule has 0 amide bonds. The molecule has 0 spiro atoms. The summed E-state index contributed by atoms with van der Waals surface area (Å²) in [5.41, 5.74) is 1.26. The zero-order valence-corrected chi connectivity index (χ0v) is 13.7. The van der Waals surface area contributed by atoms with Crippen LogP contribution in [0.4, 0.5) is 0 Å². The van der Waals surface area contributed by atoms with Gasteiger partial charge in [-0.15, -0.1) is 0 Å². The highest BCUT2D eigenvalue weighted by atomic mass is 16.5. The topological polar surface area (TPSA) is 18.5 Å². The van der Waals surface area contributed by atoms with Crippen LogP contribution in [0.3, 0.4) is 0 Å². The lowest BCUT2D eigenvalue weighted by molar-refractivity contribution is 0.184. The molecule has 0 unspecified atom stereocenters. The minimum Gasteiger partial charge on any atom is -0.494 e. The van der Waals surface area contributed by atoms with Crippen molar-refractivity contribution in [2.75, 3.05) is 20.3 Å². The van der Waals surface area contributed by atoms with Gasteiger partial charge in [0.15, 0.2) is 0 Å². The standard InChI is InChI=1S/C12H18O2.C3H8.C2H6/c1-11-5-7-12(8-6-11)14-10-4-3-9-13-2;1-3-2;1-2/h5-8H,3-4,9-10H2,1-2H3;3H2,1-2H3;1-2H3. The fraction of sp³-hybridized carbons (Fsp3) is 0.647. The molecule has 0 saturated heterocycles. The second kappa shape index (κ2) is 17.0. The van der Waals surface area contributed by atoms with Crippen molar-refractivity contribution in [3.8, 4) is 5.75 Å². The molecule has 2 nitrogen and oxygen atoms in total. The molecule has 0 aromatic heterocycles. The molecule has 0 aliphatic carbocycles. The van der Waals surface area contributed by atoms with E-state index in [-0.39, 0.29) is 0 Å². The van der Waals surface area contributed by atoms with E-state index in [4.69, 9.17) is 9.47 Å². The van der Waals surface area contributed by atoms with Gasteiger partial charge >= 0.3 is 0 Å². The molecule has 0 aliphatic rings. The van der Waals surface area contributed by atoms with Crippen molar-refractivity contribution in [2.24, 2.45) is 0 Å². The predicted octanol–water partition coefficient (Wildman–Crippen LogP) is 5.24. The van der Waals surface area contributed by atoms with Gasteiger partial charge in [0.1, 0.15) is 5.75 Å². The van der Waals surface area contributed by atoms with Crippen LogP contribution in [0.15, 0.2) is 24.3 Å². The molecule has 0 N–H and O–H groups in total. The van der Waals surface area contributed by atoms with E-state index < -0.39 is 0 Å². The lowest BCUT2D eigenvalue weighted by Crippen LogP contribution is -1.99. The molecule has 1 aromatic rings. The molecule has 0 aliphatic heterocycles. The third-order valence-electron chi connectivity index (χ3n) is 2.03. The SMILES string of the molecule is CC.CCC.COCCCCOc1ccc(C)cc1. The first-order valence-corrected chi connectivity index (χ1v) is 7.43. The van der Waals surface area contributed by atoms with E-state index >= 15 is 0 Å². The summed E-state index contributed by atoms with van der Waals surface area (Å²) in [4.78, 5) is 0. The zero-order chi connectivity index (χ0) is 14.9. The quantitative estimate of drug-likeness (QED) is 0.657. The Hall–Kier alpha value is -1.02. The van der Waals surface area contributed by atoms with Gasteiger partial charge in [-0.1, -0.05) is 51.8 Å². The largest absolute Gasteiger partial charge is 0.494 e. The summed E-state index contributed by atoms with van der Waals surface area (Å²) in [7, 11) is 1.72. The van der Waals surface area contributed by atoms with Crippen LogP contribution >= 0.6 is 0 Å². The predicted molar refractivity (Wildman–Crippen MR) is 85.1 cm³/mol. The Balaban J connectivity index is 0. The molecular formula is C17H32O2.